The fraction of sp³-hybridized carbons (Fsp3) is 0.217. The normalized spacial score (nSPS) is 13.9. The Kier molecular flexibility index (Phi) is 5.55. The summed E-state index contributed by atoms with van der Waals surface area (Å²) in [6.07, 6.45) is 0. The lowest BCUT2D eigenvalue weighted by atomic mass is 10.1. The van der Waals surface area contributed by atoms with E-state index < -0.39 is 0 Å². The molecule has 1 aliphatic rings. The summed E-state index contributed by atoms with van der Waals surface area (Å²) >= 11 is 1.61. The lowest BCUT2D eigenvalue weighted by molar-refractivity contribution is 0.0740. The van der Waals surface area contributed by atoms with Crippen molar-refractivity contribution in [2.24, 2.45) is 0 Å². The highest BCUT2D eigenvalue weighted by molar-refractivity contribution is 7.13. The quantitative estimate of drug-likeness (QED) is 0.504. The molecule has 0 radical (unpaired) electrons. The summed E-state index contributed by atoms with van der Waals surface area (Å²) in [5, 5.41) is 18.0. The first-order valence-corrected chi connectivity index (χ1v) is 11.2. The SMILES string of the molecule is COc1ccc(-c2ccc(N3CCN(C(=O)c4cc(-c5cccs5)[nH]n4)CC3)nn2)cc1. The molecule has 4 aromatic rings. The minimum Gasteiger partial charge on any atom is -0.497 e. The maximum Gasteiger partial charge on any atom is 0.274 e. The molecular formula is C23H22N6O2S. The van der Waals surface area contributed by atoms with Gasteiger partial charge in [0.1, 0.15) is 5.75 Å². The van der Waals surface area contributed by atoms with Crippen LogP contribution in [0.5, 0.6) is 5.75 Å². The second kappa shape index (κ2) is 8.80. The highest BCUT2D eigenvalue weighted by Crippen LogP contribution is 2.24. The van der Waals surface area contributed by atoms with Gasteiger partial charge in [-0.25, -0.2) is 0 Å². The van der Waals surface area contributed by atoms with E-state index in [1.54, 1.807) is 18.4 Å². The summed E-state index contributed by atoms with van der Waals surface area (Å²) < 4.78 is 5.20. The molecule has 1 aliphatic heterocycles. The summed E-state index contributed by atoms with van der Waals surface area (Å²) in [5.41, 5.74) is 3.12. The Morgan fingerprint density at radius 1 is 1.03 bits per heavy atom. The van der Waals surface area contributed by atoms with E-state index in [9.17, 15) is 4.79 Å². The number of H-pyrrole nitrogens is 1. The topological polar surface area (TPSA) is 87.2 Å². The molecule has 1 saturated heterocycles. The zero-order chi connectivity index (χ0) is 21.9. The van der Waals surface area contributed by atoms with Gasteiger partial charge in [-0.05, 0) is 53.9 Å². The number of benzene rings is 1. The summed E-state index contributed by atoms with van der Waals surface area (Å²) in [7, 11) is 1.65. The number of aromatic amines is 1. The highest BCUT2D eigenvalue weighted by atomic mass is 32.1. The molecule has 8 nitrogen and oxygen atoms in total. The molecule has 5 rings (SSSR count). The van der Waals surface area contributed by atoms with Crippen molar-refractivity contribution >= 4 is 23.1 Å². The van der Waals surface area contributed by atoms with Gasteiger partial charge in [0, 0.05) is 31.7 Å². The van der Waals surface area contributed by atoms with E-state index in [-0.39, 0.29) is 5.91 Å². The number of nitrogens with zero attached hydrogens (tertiary/aromatic N) is 5. The van der Waals surface area contributed by atoms with Crippen molar-refractivity contribution in [3.05, 3.63) is 65.7 Å². The second-order valence-electron chi connectivity index (χ2n) is 7.43. The largest absolute Gasteiger partial charge is 0.497 e. The van der Waals surface area contributed by atoms with Crippen molar-refractivity contribution in [2.75, 3.05) is 38.2 Å². The Hall–Kier alpha value is -3.72. The zero-order valence-corrected chi connectivity index (χ0v) is 18.4. The van der Waals surface area contributed by atoms with Gasteiger partial charge < -0.3 is 14.5 Å². The van der Waals surface area contributed by atoms with Crippen molar-refractivity contribution in [3.8, 4) is 27.6 Å². The summed E-state index contributed by atoms with van der Waals surface area (Å²) in [6.45, 7) is 2.62. The third-order valence-corrected chi connectivity index (χ3v) is 6.41. The van der Waals surface area contributed by atoms with Crippen LogP contribution < -0.4 is 9.64 Å². The van der Waals surface area contributed by atoms with Crippen LogP contribution in [0.1, 0.15) is 10.5 Å². The number of ether oxygens (including phenoxy) is 1. The third-order valence-electron chi connectivity index (χ3n) is 5.51. The average molecular weight is 447 g/mol. The van der Waals surface area contributed by atoms with Crippen molar-refractivity contribution in [1.29, 1.82) is 0 Å². The Morgan fingerprint density at radius 2 is 1.84 bits per heavy atom. The molecule has 9 heteroatoms. The van der Waals surface area contributed by atoms with Crippen molar-refractivity contribution in [3.63, 3.8) is 0 Å². The molecule has 0 atom stereocenters. The fourth-order valence-corrected chi connectivity index (χ4v) is 4.39. The fourth-order valence-electron chi connectivity index (χ4n) is 3.70. The van der Waals surface area contributed by atoms with Crippen LogP contribution in [0, 0.1) is 0 Å². The molecule has 0 bridgehead atoms. The lowest BCUT2D eigenvalue weighted by Crippen LogP contribution is -2.49. The van der Waals surface area contributed by atoms with Crippen LogP contribution >= 0.6 is 11.3 Å². The van der Waals surface area contributed by atoms with Crippen LogP contribution in [0.3, 0.4) is 0 Å². The molecule has 0 unspecified atom stereocenters. The monoisotopic (exact) mass is 446 g/mol. The van der Waals surface area contributed by atoms with Gasteiger partial charge in [-0.15, -0.1) is 21.5 Å². The summed E-state index contributed by atoms with van der Waals surface area (Å²) in [5.74, 6) is 1.57. The van der Waals surface area contributed by atoms with Crippen LogP contribution in [0.15, 0.2) is 60.0 Å². The molecule has 162 valence electrons. The number of hydrogen-bond acceptors (Lipinski definition) is 7. The van der Waals surface area contributed by atoms with Crippen LogP contribution in [-0.2, 0) is 0 Å². The maximum atomic E-state index is 12.9. The molecule has 1 fully saturated rings. The molecule has 0 spiro atoms. The number of hydrogen-bond donors (Lipinski definition) is 1. The first-order chi connectivity index (χ1) is 15.7. The van der Waals surface area contributed by atoms with Gasteiger partial charge >= 0.3 is 0 Å². The lowest BCUT2D eigenvalue weighted by Gasteiger charge is -2.34. The van der Waals surface area contributed by atoms with Gasteiger partial charge in [-0.3, -0.25) is 9.89 Å². The smallest absolute Gasteiger partial charge is 0.274 e. The minimum atomic E-state index is -0.0513. The molecule has 1 amide bonds. The molecule has 32 heavy (non-hydrogen) atoms. The molecule has 1 aromatic carbocycles. The van der Waals surface area contributed by atoms with Crippen LogP contribution in [-0.4, -0.2) is 64.5 Å². The van der Waals surface area contributed by atoms with Crippen LogP contribution in [0.25, 0.3) is 21.8 Å². The number of carbonyl (C=O) groups excluding carboxylic acids is 1. The van der Waals surface area contributed by atoms with E-state index in [4.69, 9.17) is 4.74 Å². The van der Waals surface area contributed by atoms with E-state index in [1.165, 1.54) is 0 Å². The van der Waals surface area contributed by atoms with Gasteiger partial charge in [0.05, 0.1) is 23.4 Å². The number of aromatic nitrogens is 4. The number of anilines is 1. The highest BCUT2D eigenvalue weighted by Gasteiger charge is 2.25. The Morgan fingerprint density at radius 3 is 2.50 bits per heavy atom. The van der Waals surface area contributed by atoms with Crippen molar-refractivity contribution in [2.45, 2.75) is 0 Å². The minimum absolute atomic E-state index is 0.0513. The van der Waals surface area contributed by atoms with E-state index >= 15 is 0 Å². The Bertz CT molecular complexity index is 1180. The van der Waals surface area contributed by atoms with Gasteiger partial charge in [0.15, 0.2) is 11.5 Å². The van der Waals surface area contributed by atoms with Gasteiger partial charge in [-0.2, -0.15) is 5.10 Å². The molecule has 0 saturated carbocycles. The Balaban J connectivity index is 1.20. The molecule has 4 heterocycles. The predicted molar refractivity (Wildman–Crippen MR) is 124 cm³/mol. The molecule has 0 aliphatic carbocycles. The first-order valence-electron chi connectivity index (χ1n) is 10.3. The van der Waals surface area contributed by atoms with Crippen LogP contribution in [0.2, 0.25) is 0 Å². The van der Waals surface area contributed by atoms with Gasteiger partial charge in [-0.1, -0.05) is 6.07 Å². The second-order valence-corrected chi connectivity index (χ2v) is 8.38. The number of thiophene rings is 1. The number of methoxy groups -OCH3 is 1. The average Bonchev–Trinajstić information content (AvgIpc) is 3.56. The van der Waals surface area contributed by atoms with E-state index in [1.807, 2.05) is 64.9 Å². The van der Waals surface area contributed by atoms with E-state index in [0.717, 1.165) is 33.4 Å². The molecular weight excluding hydrogens is 424 g/mol. The number of amides is 1. The standard InChI is InChI=1S/C23H22N6O2S/c1-31-17-6-4-16(5-7-17)18-8-9-22(27-24-18)28-10-12-29(13-11-28)23(30)20-15-19(25-26-20)21-3-2-14-32-21/h2-9,14-15H,10-13H2,1H3,(H,25,26). The van der Waals surface area contributed by atoms with Crippen molar-refractivity contribution in [1.82, 2.24) is 25.3 Å². The summed E-state index contributed by atoms with van der Waals surface area (Å²) in [6, 6.07) is 17.5. The van der Waals surface area contributed by atoms with E-state index in [2.05, 4.69) is 25.3 Å². The Labute approximate surface area is 189 Å². The zero-order valence-electron chi connectivity index (χ0n) is 17.6. The number of carbonyl (C=O) groups is 1. The molecule has 3 aromatic heterocycles. The molecule has 1 N–H and O–H groups in total. The third kappa shape index (κ3) is 4.06. The maximum absolute atomic E-state index is 12.9. The number of piperazine rings is 1. The van der Waals surface area contributed by atoms with E-state index in [0.29, 0.717) is 31.9 Å². The first kappa shape index (κ1) is 20.2. The summed E-state index contributed by atoms with van der Waals surface area (Å²) in [4.78, 5) is 17.9. The predicted octanol–water partition coefficient (Wildman–Crippen LogP) is 3.57. The number of nitrogens with one attached hydrogen (secondary N) is 1. The number of rotatable bonds is 5. The van der Waals surface area contributed by atoms with Crippen molar-refractivity contribution < 1.29 is 9.53 Å². The van der Waals surface area contributed by atoms with Gasteiger partial charge in [0.25, 0.3) is 5.91 Å². The van der Waals surface area contributed by atoms with Gasteiger partial charge in [0.2, 0.25) is 0 Å². The van der Waals surface area contributed by atoms with Crippen LogP contribution in [0.4, 0.5) is 5.82 Å².